The van der Waals surface area contributed by atoms with Crippen LogP contribution in [-0.4, -0.2) is 20.9 Å². The second-order valence-electron chi connectivity index (χ2n) is 5.33. The Morgan fingerprint density at radius 2 is 2.00 bits per heavy atom. The van der Waals surface area contributed by atoms with Crippen LogP contribution in [0.2, 0.25) is 5.02 Å². The number of carbonyl (C=O) groups is 1. The van der Waals surface area contributed by atoms with Crippen LogP contribution in [0.15, 0.2) is 47.4 Å². The van der Waals surface area contributed by atoms with Crippen LogP contribution in [0.1, 0.15) is 12.5 Å². The van der Waals surface area contributed by atoms with Crippen LogP contribution < -0.4 is 9.62 Å². The number of halogens is 1. The quantitative estimate of drug-likeness (QED) is 0.925. The topological polar surface area (TPSA) is 66.5 Å². The average Bonchev–Trinajstić information content (AvgIpc) is 2.90. The molecule has 1 amide bonds. The van der Waals surface area contributed by atoms with E-state index >= 15 is 0 Å². The van der Waals surface area contributed by atoms with Gasteiger partial charge in [0.25, 0.3) is 10.0 Å². The molecule has 0 spiro atoms. The molecular formula is C16H15ClN2O3S. The molecule has 0 saturated carbocycles. The molecule has 1 heterocycles. The Hall–Kier alpha value is -2.05. The maximum absolute atomic E-state index is 12.4. The summed E-state index contributed by atoms with van der Waals surface area (Å²) in [4.78, 5) is 13.3. The number of hydrogen-bond donors (Lipinski definition) is 1. The Morgan fingerprint density at radius 1 is 1.22 bits per heavy atom. The van der Waals surface area contributed by atoms with E-state index in [-0.39, 0.29) is 10.8 Å². The molecule has 0 atom stereocenters. The predicted molar refractivity (Wildman–Crippen MR) is 90.4 cm³/mol. The van der Waals surface area contributed by atoms with Gasteiger partial charge in [-0.2, -0.15) is 0 Å². The highest BCUT2D eigenvalue weighted by molar-refractivity contribution is 7.92. The molecule has 5 nitrogen and oxygen atoms in total. The summed E-state index contributed by atoms with van der Waals surface area (Å²) < 4.78 is 27.3. The molecule has 0 aromatic heterocycles. The number of amides is 1. The Kier molecular flexibility index (Phi) is 4.04. The van der Waals surface area contributed by atoms with Gasteiger partial charge in [0.15, 0.2) is 0 Å². The van der Waals surface area contributed by atoms with Crippen molar-refractivity contribution in [3.8, 4) is 0 Å². The van der Waals surface area contributed by atoms with E-state index in [1.165, 1.54) is 19.1 Å². The molecule has 1 aliphatic heterocycles. The van der Waals surface area contributed by atoms with Crippen molar-refractivity contribution in [3.05, 3.63) is 53.1 Å². The molecule has 0 radical (unpaired) electrons. The second kappa shape index (κ2) is 5.86. The molecule has 7 heteroatoms. The van der Waals surface area contributed by atoms with Crippen molar-refractivity contribution in [2.75, 3.05) is 16.2 Å². The summed E-state index contributed by atoms with van der Waals surface area (Å²) in [7, 11) is -3.70. The third-order valence-corrected chi connectivity index (χ3v) is 5.33. The van der Waals surface area contributed by atoms with E-state index in [4.69, 9.17) is 11.6 Å². The molecule has 2 aromatic rings. The Morgan fingerprint density at radius 3 is 2.70 bits per heavy atom. The zero-order valence-corrected chi connectivity index (χ0v) is 14.0. The van der Waals surface area contributed by atoms with Crippen molar-refractivity contribution in [1.82, 2.24) is 0 Å². The van der Waals surface area contributed by atoms with Gasteiger partial charge >= 0.3 is 0 Å². The third-order valence-electron chi connectivity index (χ3n) is 3.71. The van der Waals surface area contributed by atoms with E-state index in [0.717, 1.165) is 11.3 Å². The lowest BCUT2D eigenvalue weighted by Gasteiger charge is -2.15. The molecule has 120 valence electrons. The number of carbonyl (C=O) groups excluding carboxylic acids is 1. The summed E-state index contributed by atoms with van der Waals surface area (Å²) in [6.45, 7) is 2.14. The lowest BCUT2D eigenvalue weighted by atomic mass is 10.1. The monoisotopic (exact) mass is 350 g/mol. The van der Waals surface area contributed by atoms with Crippen LogP contribution in [0.3, 0.4) is 0 Å². The van der Waals surface area contributed by atoms with Crippen LogP contribution in [-0.2, 0) is 21.2 Å². The molecular weight excluding hydrogens is 336 g/mol. The number of benzene rings is 2. The van der Waals surface area contributed by atoms with Gasteiger partial charge in [-0.1, -0.05) is 17.7 Å². The Bertz CT molecular complexity index is 881. The zero-order chi connectivity index (χ0) is 16.6. The summed E-state index contributed by atoms with van der Waals surface area (Å²) in [6.07, 6.45) is 0.710. The van der Waals surface area contributed by atoms with Gasteiger partial charge in [-0.3, -0.25) is 9.52 Å². The van der Waals surface area contributed by atoms with Gasteiger partial charge in [-0.15, -0.1) is 0 Å². The average molecular weight is 351 g/mol. The normalized spacial score (nSPS) is 13.7. The molecule has 1 N–H and O–H groups in total. The highest BCUT2D eigenvalue weighted by Gasteiger charge is 2.23. The van der Waals surface area contributed by atoms with Crippen molar-refractivity contribution in [2.45, 2.75) is 18.2 Å². The maximum atomic E-state index is 12.4. The van der Waals surface area contributed by atoms with E-state index in [9.17, 15) is 13.2 Å². The molecule has 3 rings (SSSR count). The van der Waals surface area contributed by atoms with Crippen LogP contribution in [0.5, 0.6) is 0 Å². The summed E-state index contributed by atoms with van der Waals surface area (Å²) in [5.41, 5.74) is 2.25. The summed E-state index contributed by atoms with van der Waals surface area (Å²) in [5.74, 6) is -0.0176. The number of hydrogen-bond acceptors (Lipinski definition) is 3. The summed E-state index contributed by atoms with van der Waals surface area (Å²) in [6, 6.07) is 11.3. The lowest BCUT2D eigenvalue weighted by molar-refractivity contribution is -0.116. The number of anilines is 2. The number of nitrogens with zero attached hydrogens (tertiary/aromatic N) is 1. The van der Waals surface area contributed by atoms with Gasteiger partial charge in [0.2, 0.25) is 5.91 Å². The highest BCUT2D eigenvalue weighted by atomic mass is 35.5. The van der Waals surface area contributed by atoms with Gasteiger partial charge in [0.1, 0.15) is 0 Å². The van der Waals surface area contributed by atoms with Gasteiger partial charge in [-0.05, 0) is 48.4 Å². The van der Waals surface area contributed by atoms with E-state index in [1.807, 2.05) is 0 Å². The smallest absolute Gasteiger partial charge is 0.261 e. The van der Waals surface area contributed by atoms with Gasteiger partial charge in [-0.25, -0.2) is 8.42 Å². The van der Waals surface area contributed by atoms with Gasteiger partial charge < -0.3 is 4.90 Å². The number of sulfonamides is 1. The van der Waals surface area contributed by atoms with Crippen molar-refractivity contribution < 1.29 is 13.2 Å². The first-order valence-corrected chi connectivity index (χ1v) is 8.92. The molecule has 0 fully saturated rings. The fourth-order valence-corrected chi connectivity index (χ4v) is 3.99. The lowest BCUT2D eigenvalue weighted by Crippen LogP contribution is -2.25. The predicted octanol–water partition coefficient (Wildman–Crippen LogP) is 3.05. The molecule has 0 aliphatic carbocycles. The first-order chi connectivity index (χ1) is 10.9. The molecule has 1 aliphatic rings. The molecule has 0 saturated heterocycles. The molecule has 2 aromatic carbocycles. The standard InChI is InChI=1S/C16H15ClN2O3S/c1-11(20)19-8-7-12-9-14(5-6-16(12)19)18-23(21,22)15-4-2-3-13(17)10-15/h2-6,9-10,18H,7-8H2,1H3. The highest BCUT2D eigenvalue weighted by Crippen LogP contribution is 2.31. The van der Waals surface area contributed by atoms with Crippen LogP contribution in [0, 0.1) is 0 Å². The van der Waals surface area contributed by atoms with Gasteiger partial charge in [0, 0.05) is 29.9 Å². The van der Waals surface area contributed by atoms with Crippen molar-refractivity contribution in [1.29, 1.82) is 0 Å². The molecule has 0 unspecified atom stereocenters. The zero-order valence-electron chi connectivity index (χ0n) is 12.4. The Labute approximate surface area is 139 Å². The second-order valence-corrected chi connectivity index (χ2v) is 7.45. The summed E-state index contributed by atoms with van der Waals surface area (Å²) >= 11 is 5.85. The minimum Gasteiger partial charge on any atom is -0.312 e. The molecule has 23 heavy (non-hydrogen) atoms. The summed E-state index contributed by atoms with van der Waals surface area (Å²) in [5, 5.41) is 0.360. The first-order valence-electron chi connectivity index (χ1n) is 7.06. The van der Waals surface area contributed by atoms with Crippen molar-refractivity contribution in [2.24, 2.45) is 0 Å². The van der Waals surface area contributed by atoms with Crippen LogP contribution in [0.4, 0.5) is 11.4 Å². The SMILES string of the molecule is CC(=O)N1CCc2cc(NS(=O)(=O)c3cccc(Cl)c3)ccc21. The Balaban J connectivity index is 1.88. The fraction of sp³-hybridized carbons (Fsp3) is 0.188. The minimum absolute atomic E-state index is 0.0176. The fourth-order valence-electron chi connectivity index (χ4n) is 2.64. The molecule has 0 bridgehead atoms. The van der Waals surface area contributed by atoms with E-state index in [2.05, 4.69) is 4.72 Å². The number of nitrogens with one attached hydrogen (secondary N) is 1. The maximum Gasteiger partial charge on any atom is 0.261 e. The minimum atomic E-state index is -3.70. The largest absolute Gasteiger partial charge is 0.312 e. The number of fused-ring (bicyclic) bond motifs is 1. The first kappa shape index (κ1) is 15.8. The number of rotatable bonds is 3. The van der Waals surface area contributed by atoms with Crippen LogP contribution in [0.25, 0.3) is 0 Å². The van der Waals surface area contributed by atoms with E-state index in [1.54, 1.807) is 35.2 Å². The van der Waals surface area contributed by atoms with Crippen molar-refractivity contribution in [3.63, 3.8) is 0 Å². The van der Waals surface area contributed by atoms with E-state index < -0.39 is 10.0 Å². The third kappa shape index (κ3) is 3.18. The van der Waals surface area contributed by atoms with Crippen molar-refractivity contribution >= 4 is 38.9 Å². The van der Waals surface area contributed by atoms with Gasteiger partial charge in [0.05, 0.1) is 4.90 Å². The van der Waals surface area contributed by atoms with Crippen LogP contribution >= 0.6 is 11.6 Å². The van der Waals surface area contributed by atoms with E-state index in [0.29, 0.717) is 23.7 Å².